The lowest BCUT2D eigenvalue weighted by Crippen LogP contribution is -2.14. The predicted molar refractivity (Wildman–Crippen MR) is 93.4 cm³/mol. The summed E-state index contributed by atoms with van der Waals surface area (Å²) in [7, 11) is 2.40. The largest absolute Gasteiger partial charge is 0.404 e. The molecule has 0 spiro atoms. The molecule has 1 saturated carbocycles. The maximum atomic E-state index is 13.8. The van der Waals surface area contributed by atoms with Crippen molar-refractivity contribution in [2.24, 2.45) is 11.5 Å². The van der Waals surface area contributed by atoms with Crippen LogP contribution < -0.4 is 16.8 Å². The van der Waals surface area contributed by atoms with Crippen LogP contribution in [-0.2, 0) is 0 Å². The van der Waals surface area contributed by atoms with Gasteiger partial charge in [0.25, 0.3) is 0 Å². The van der Waals surface area contributed by atoms with Crippen LogP contribution in [0.15, 0.2) is 30.1 Å². The number of nitrogens with two attached hydrogens (primary N) is 2. The fraction of sp³-hybridized carbons (Fsp3) is 0.312. The summed E-state index contributed by atoms with van der Waals surface area (Å²) in [6.45, 7) is 1.58. The van der Waals surface area contributed by atoms with E-state index in [1.807, 2.05) is 0 Å². The first kappa shape index (κ1) is 16.0. The minimum absolute atomic E-state index is 0.300. The lowest BCUT2D eigenvalue weighted by atomic mass is 10.2. The van der Waals surface area contributed by atoms with Crippen molar-refractivity contribution in [2.45, 2.75) is 31.9 Å². The number of fused-ring (bicyclic) bond motifs is 1. The Morgan fingerprint density at radius 3 is 2.78 bits per heavy atom. The zero-order chi connectivity index (χ0) is 16.7. The molecule has 2 unspecified atom stereocenters. The minimum atomic E-state index is -0.778. The molecule has 122 valence electrons. The standard InChI is InChI=1S/C16H20FN4OP/c1-8(22)12(19)4-9(7-18)16-20-13-5-11(17)15(23)6-14(13)21(16)10-2-3-10/h4-8,10,22H,2-3,18-19,23H2,1H3/b9-7+,12-4-. The first-order valence-electron chi connectivity index (χ1n) is 7.46. The van der Waals surface area contributed by atoms with Crippen LogP contribution >= 0.6 is 9.24 Å². The lowest BCUT2D eigenvalue weighted by Gasteiger charge is -2.10. The molecule has 0 amide bonds. The summed E-state index contributed by atoms with van der Waals surface area (Å²) in [5, 5.41) is 10.1. The van der Waals surface area contributed by atoms with Crippen molar-refractivity contribution in [3.05, 3.63) is 41.7 Å². The van der Waals surface area contributed by atoms with Crippen LogP contribution in [0.1, 0.15) is 31.6 Å². The van der Waals surface area contributed by atoms with Gasteiger partial charge in [-0.15, -0.1) is 9.24 Å². The van der Waals surface area contributed by atoms with Crippen LogP contribution in [0.3, 0.4) is 0 Å². The number of nitrogens with zero attached hydrogens (tertiary/aromatic N) is 2. The third-order valence-corrected chi connectivity index (χ3v) is 4.40. The Bertz CT molecular complexity index is 821. The number of imidazole rings is 1. The van der Waals surface area contributed by atoms with Gasteiger partial charge in [0.05, 0.1) is 17.1 Å². The molecule has 1 fully saturated rings. The van der Waals surface area contributed by atoms with Gasteiger partial charge < -0.3 is 21.1 Å². The number of aromatic nitrogens is 2. The molecule has 0 bridgehead atoms. The monoisotopic (exact) mass is 334 g/mol. The lowest BCUT2D eigenvalue weighted by molar-refractivity contribution is 0.230. The van der Waals surface area contributed by atoms with Gasteiger partial charge >= 0.3 is 0 Å². The van der Waals surface area contributed by atoms with E-state index in [0.717, 1.165) is 18.4 Å². The molecule has 7 heteroatoms. The Kier molecular flexibility index (Phi) is 4.13. The van der Waals surface area contributed by atoms with E-state index < -0.39 is 6.10 Å². The van der Waals surface area contributed by atoms with Crippen molar-refractivity contribution in [3.8, 4) is 0 Å². The van der Waals surface area contributed by atoms with Gasteiger partial charge in [-0.3, -0.25) is 0 Å². The van der Waals surface area contributed by atoms with Gasteiger partial charge in [-0.25, -0.2) is 9.37 Å². The van der Waals surface area contributed by atoms with Crippen LogP contribution in [0.2, 0.25) is 0 Å². The number of rotatable bonds is 4. The fourth-order valence-corrected chi connectivity index (χ4v) is 2.77. The zero-order valence-corrected chi connectivity index (χ0v) is 14.0. The Morgan fingerprint density at radius 1 is 1.52 bits per heavy atom. The molecule has 2 atom stereocenters. The van der Waals surface area contributed by atoms with Gasteiger partial charge in [-0.1, -0.05) is 0 Å². The van der Waals surface area contributed by atoms with Gasteiger partial charge in [0.15, 0.2) is 0 Å². The normalized spacial score (nSPS) is 17.7. The van der Waals surface area contributed by atoms with E-state index in [4.69, 9.17) is 11.5 Å². The maximum absolute atomic E-state index is 13.8. The Labute approximate surface area is 136 Å². The molecule has 3 rings (SSSR count). The molecular weight excluding hydrogens is 314 g/mol. The van der Waals surface area contributed by atoms with E-state index in [0.29, 0.717) is 34.0 Å². The molecule has 2 aromatic rings. The van der Waals surface area contributed by atoms with Crippen molar-refractivity contribution >= 4 is 31.2 Å². The Morgan fingerprint density at radius 2 is 2.22 bits per heavy atom. The third-order valence-electron chi connectivity index (χ3n) is 3.96. The summed E-state index contributed by atoms with van der Waals surface area (Å²) in [5.74, 6) is 0.329. The van der Waals surface area contributed by atoms with Crippen molar-refractivity contribution in [1.29, 1.82) is 0 Å². The molecule has 1 aromatic carbocycles. The molecule has 1 heterocycles. The molecule has 1 aliphatic carbocycles. The summed E-state index contributed by atoms with van der Waals surface area (Å²) in [5.41, 5.74) is 13.9. The van der Waals surface area contributed by atoms with Gasteiger partial charge in [0.1, 0.15) is 11.6 Å². The highest BCUT2D eigenvalue weighted by Crippen LogP contribution is 2.40. The maximum Gasteiger partial charge on any atom is 0.142 e. The van der Waals surface area contributed by atoms with E-state index >= 15 is 0 Å². The second kappa shape index (κ2) is 5.95. The third kappa shape index (κ3) is 2.96. The number of halogens is 1. The van der Waals surface area contributed by atoms with E-state index in [2.05, 4.69) is 18.8 Å². The van der Waals surface area contributed by atoms with Crippen molar-refractivity contribution in [3.63, 3.8) is 0 Å². The molecule has 0 aliphatic heterocycles. The molecule has 0 radical (unpaired) electrons. The van der Waals surface area contributed by atoms with E-state index in [9.17, 15) is 9.50 Å². The number of aliphatic hydroxyl groups excluding tert-OH is 1. The Balaban J connectivity index is 2.20. The van der Waals surface area contributed by atoms with Crippen molar-refractivity contribution in [1.82, 2.24) is 9.55 Å². The number of allylic oxidation sites excluding steroid dienone is 2. The summed E-state index contributed by atoms with van der Waals surface area (Å²) >= 11 is 0. The predicted octanol–water partition coefficient (Wildman–Crippen LogP) is 1.53. The van der Waals surface area contributed by atoms with E-state index in [1.54, 1.807) is 19.1 Å². The van der Waals surface area contributed by atoms with Gasteiger partial charge in [-0.05, 0) is 31.9 Å². The second-order valence-corrected chi connectivity index (χ2v) is 6.46. The highest BCUT2D eigenvalue weighted by atomic mass is 31.0. The van der Waals surface area contributed by atoms with Crippen LogP contribution in [-0.4, -0.2) is 20.8 Å². The molecular formula is C16H20FN4OP. The highest BCUT2D eigenvalue weighted by molar-refractivity contribution is 7.27. The average molecular weight is 334 g/mol. The average Bonchev–Trinajstić information content (AvgIpc) is 3.27. The SMILES string of the molecule is CC(O)/C(N)=C/C(=C\N)c1nc2cc(F)c(P)cc2n1C1CC1. The van der Waals surface area contributed by atoms with Gasteiger partial charge in [0.2, 0.25) is 0 Å². The minimum Gasteiger partial charge on any atom is -0.404 e. The summed E-state index contributed by atoms with van der Waals surface area (Å²) < 4.78 is 15.9. The second-order valence-electron chi connectivity index (χ2n) is 5.84. The first-order valence-corrected chi connectivity index (χ1v) is 8.04. The van der Waals surface area contributed by atoms with Crippen LogP contribution in [0.5, 0.6) is 0 Å². The fourth-order valence-electron chi connectivity index (χ4n) is 2.53. The molecule has 0 saturated heterocycles. The molecule has 5 nitrogen and oxygen atoms in total. The zero-order valence-electron chi connectivity index (χ0n) is 12.8. The van der Waals surface area contributed by atoms with E-state index in [1.165, 1.54) is 12.3 Å². The Hall–Kier alpha value is -1.91. The van der Waals surface area contributed by atoms with Crippen molar-refractivity contribution in [2.75, 3.05) is 0 Å². The molecule has 1 aliphatic rings. The molecule has 5 N–H and O–H groups in total. The van der Waals surface area contributed by atoms with Gasteiger partial charge in [0, 0.05) is 34.9 Å². The number of benzene rings is 1. The van der Waals surface area contributed by atoms with Crippen molar-refractivity contribution < 1.29 is 9.50 Å². The smallest absolute Gasteiger partial charge is 0.142 e. The topological polar surface area (TPSA) is 90.1 Å². The molecule has 23 heavy (non-hydrogen) atoms. The summed E-state index contributed by atoms with van der Waals surface area (Å²) in [6, 6.07) is 3.54. The quantitative estimate of drug-likeness (QED) is 0.584. The summed E-state index contributed by atoms with van der Waals surface area (Å²) in [4.78, 5) is 4.54. The first-order chi connectivity index (χ1) is 10.9. The molecule has 1 aromatic heterocycles. The van der Waals surface area contributed by atoms with E-state index in [-0.39, 0.29) is 5.82 Å². The number of hydrogen-bond donors (Lipinski definition) is 3. The number of hydrogen-bond acceptors (Lipinski definition) is 4. The van der Waals surface area contributed by atoms with Crippen LogP contribution in [0.25, 0.3) is 16.6 Å². The highest BCUT2D eigenvalue weighted by Gasteiger charge is 2.29. The van der Waals surface area contributed by atoms with Crippen LogP contribution in [0, 0.1) is 5.82 Å². The summed E-state index contributed by atoms with van der Waals surface area (Å²) in [6.07, 6.45) is 4.35. The van der Waals surface area contributed by atoms with Gasteiger partial charge in [-0.2, -0.15) is 0 Å². The van der Waals surface area contributed by atoms with Crippen LogP contribution in [0.4, 0.5) is 4.39 Å². The number of aliphatic hydroxyl groups is 1.